The van der Waals surface area contributed by atoms with Crippen LogP contribution in [0.3, 0.4) is 0 Å². The van der Waals surface area contributed by atoms with Crippen molar-refractivity contribution < 1.29 is 14.3 Å². The second-order valence-electron chi connectivity index (χ2n) is 5.89. The van der Waals surface area contributed by atoms with E-state index in [4.69, 9.17) is 4.74 Å². The van der Waals surface area contributed by atoms with Gasteiger partial charge in [0.1, 0.15) is 5.75 Å². The molecule has 5 heteroatoms. The molecule has 0 saturated heterocycles. The zero-order valence-electron chi connectivity index (χ0n) is 14.9. The zero-order chi connectivity index (χ0) is 18.2. The molecule has 2 aromatic carbocycles. The Morgan fingerprint density at radius 1 is 1.04 bits per heavy atom. The van der Waals surface area contributed by atoms with Gasteiger partial charge in [-0.3, -0.25) is 9.59 Å². The van der Waals surface area contributed by atoms with E-state index >= 15 is 0 Å². The SMILES string of the molecule is COc1ccccc1CNC(=O)CN(Cc1ccccc1C)C(C)=O. The topological polar surface area (TPSA) is 58.6 Å². The molecule has 0 fully saturated rings. The van der Waals surface area contributed by atoms with Gasteiger partial charge in [0.15, 0.2) is 0 Å². The monoisotopic (exact) mass is 340 g/mol. The summed E-state index contributed by atoms with van der Waals surface area (Å²) in [6.45, 7) is 4.28. The number of carbonyl (C=O) groups is 2. The Morgan fingerprint density at radius 3 is 2.32 bits per heavy atom. The van der Waals surface area contributed by atoms with Gasteiger partial charge >= 0.3 is 0 Å². The van der Waals surface area contributed by atoms with Crippen molar-refractivity contribution in [2.75, 3.05) is 13.7 Å². The summed E-state index contributed by atoms with van der Waals surface area (Å²) in [5.74, 6) is 0.400. The van der Waals surface area contributed by atoms with E-state index in [1.807, 2.05) is 55.5 Å². The number of hydrogen-bond acceptors (Lipinski definition) is 3. The molecule has 0 atom stereocenters. The third-order valence-electron chi connectivity index (χ3n) is 4.07. The minimum atomic E-state index is -0.199. The highest BCUT2D eigenvalue weighted by molar-refractivity contribution is 5.83. The first-order chi connectivity index (χ1) is 12.0. The second kappa shape index (κ2) is 8.87. The maximum Gasteiger partial charge on any atom is 0.239 e. The van der Waals surface area contributed by atoms with Crippen molar-refractivity contribution in [1.29, 1.82) is 0 Å². The fourth-order valence-electron chi connectivity index (χ4n) is 2.54. The number of rotatable bonds is 7. The lowest BCUT2D eigenvalue weighted by atomic mass is 10.1. The highest BCUT2D eigenvalue weighted by Crippen LogP contribution is 2.16. The maximum absolute atomic E-state index is 12.3. The van der Waals surface area contributed by atoms with Gasteiger partial charge in [0, 0.05) is 25.6 Å². The molecule has 5 nitrogen and oxygen atoms in total. The van der Waals surface area contributed by atoms with Crippen LogP contribution >= 0.6 is 0 Å². The van der Waals surface area contributed by atoms with E-state index in [-0.39, 0.29) is 18.4 Å². The van der Waals surface area contributed by atoms with Crippen molar-refractivity contribution in [2.24, 2.45) is 0 Å². The van der Waals surface area contributed by atoms with Crippen molar-refractivity contribution >= 4 is 11.8 Å². The molecule has 0 unspecified atom stereocenters. The summed E-state index contributed by atoms with van der Waals surface area (Å²) < 4.78 is 5.27. The molecule has 1 N–H and O–H groups in total. The Balaban J connectivity index is 1.96. The van der Waals surface area contributed by atoms with Gasteiger partial charge < -0.3 is 15.0 Å². The first-order valence-electron chi connectivity index (χ1n) is 8.20. The van der Waals surface area contributed by atoms with E-state index < -0.39 is 0 Å². The van der Waals surface area contributed by atoms with Crippen LogP contribution in [0.4, 0.5) is 0 Å². The molecule has 2 amide bonds. The number of nitrogens with zero attached hydrogens (tertiary/aromatic N) is 1. The largest absolute Gasteiger partial charge is 0.496 e. The number of carbonyl (C=O) groups excluding carboxylic acids is 2. The predicted molar refractivity (Wildman–Crippen MR) is 97.1 cm³/mol. The lowest BCUT2D eigenvalue weighted by Crippen LogP contribution is -2.39. The molecular formula is C20H24N2O3. The molecule has 0 saturated carbocycles. The zero-order valence-corrected chi connectivity index (χ0v) is 14.9. The normalized spacial score (nSPS) is 10.2. The maximum atomic E-state index is 12.3. The Bertz CT molecular complexity index is 743. The van der Waals surface area contributed by atoms with Gasteiger partial charge in [0.2, 0.25) is 11.8 Å². The van der Waals surface area contributed by atoms with Gasteiger partial charge in [-0.15, -0.1) is 0 Å². The molecule has 0 aliphatic carbocycles. The van der Waals surface area contributed by atoms with Crippen LogP contribution in [0, 0.1) is 6.92 Å². The Labute approximate surface area is 148 Å². The summed E-state index contributed by atoms with van der Waals surface area (Å²) in [5, 5.41) is 2.85. The minimum Gasteiger partial charge on any atom is -0.496 e. The average molecular weight is 340 g/mol. The lowest BCUT2D eigenvalue weighted by Gasteiger charge is -2.21. The summed E-state index contributed by atoms with van der Waals surface area (Å²) in [6.07, 6.45) is 0. The van der Waals surface area contributed by atoms with Crippen LogP contribution in [0.2, 0.25) is 0 Å². The van der Waals surface area contributed by atoms with Crippen molar-refractivity contribution in [3.8, 4) is 5.75 Å². The summed E-state index contributed by atoms with van der Waals surface area (Å²) in [7, 11) is 1.60. The van der Waals surface area contributed by atoms with Crippen LogP contribution < -0.4 is 10.1 Å². The molecular weight excluding hydrogens is 316 g/mol. The van der Waals surface area contributed by atoms with Gasteiger partial charge in [-0.2, -0.15) is 0 Å². The number of aryl methyl sites for hydroxylation is 1. The average Bonchev–Trinajstić information content (AvgIpc) is 2.61. The van der Waals surface area contributed by atoms with Gasteiger partial charge in [0.05, 0.1) is 13.7 Å². The van der Waals surface area contributed by atoms with E-state index in [9.17, 15) is 9.59 Å². The van der Waals surface area contributed by atoms with E-state index in [1.54, 1.807) is 12.0 Å². The molecule has 0 heterocycles. The van der Waals surface area contributed by atoms with Crippen molar-refractivity contribution in [3.63, 3.8) is 0 Å². The molecule has 132 valence electrons. The molecule has 2 aromatic rings. The third-order valence-corrected chi connectivity index (χ3v) is 4.07. The molecule has 0 bridgehead atoms. The fraction of sp³-hybridized carbons (Fsp3) is 0.300. The molecule has 0 radical (unpaired) electrons. The van der Waals surface area contributed by atoms with Crippen LogP contribution in [0.5, 0.6) is 5.75 Å². The molecule has 0 spiro atoms. The van der Waals surface area contributed by atoms with E-state index in [2.05, 4.69) is 5.32 Å². The van der Waals surface area contributed by atoms with Gasteiger partial charge in [-0.25, -0.2) is 0 Å². The Kier molecular flexibility index (Phi) is 6.57. The van der Waals surface area contributed by atoms with Crippen molar-refractivity contribution in [1.82, 2.24) is 10.2 Å². The summed E-state index contributed by atoms with van der Waals surface area (Å²) in [4.78, 5) is 25.7. The lowest BCUT2D eigenvalue weighted by molar-refractivity contribution is -0.135. The summed E-state index contributed by atoms with van der Waals surface area (Å²) in [5.41, 5.74) is 3.03. The highest BCUT2D eigenvalue weighted by atomic mass is 16.5. The van der Waals surface area contributed by atoms with Crippen LogP contribution in [0.25, 0.3) is 0 Å². The highest BCUT2D eigenvalue weighted by Gasteiger charge is 2.15. The number of ether oxygens (including phenoxy) is 1. The quantitative estimate of drug-likeness (QED) is 0.843. The Hall–Kier alpha value is -2.82. The smallest absolute Gasteiger partial charge is 0.239 e. The van der Waals surface area contributed by atoms with Gasteiger partial charge in [-0.1, -0.05) is 42.5 Å². The van der Waals surface area contributed by atoms with Crippen LogP contribution in [-0.4, -0.2) is 30.4 Å². The van der Waals surface area contributed by atoms with Crippen LogP contribution in [0.15, 0.2) is 48.5 Å². The summed E-state index contributed by atoms with van der Waals surface area (Å²) in [6, 6.07) is 15.4. The molecule has 0 aromatic heterocycles. The predicted octanol–water partition coefficient (Wildman–Crippen LogP) is 2.67. The van der Waals surface area contributed by atoms with Crippen LogP contribution in [-0.2, 0) is 22.7 Å². The van der Waals surface area contributed by atoms with Crippen molar-refractivity contribution in [3.05, 3.63) is 65.2 Å². The van der Waals surface area contributed by atoms with Gasteiger partial charge in [0.25, 0.3) is 0 Å². The number of nitrogens with one attached hydrogen (secondary N) is 1. The first-order valence-corrected chi connectivity index (χ1v) is 8.20. The van der Waals surface area contributed by atoms with E-state index in [0.29, 0.717) is 13.1 Å². The number of hydrogen-bond donors (Lipinski definition) is 1. The molecule has 0 aliphatic heterocycles. The number of para-hydroxylation sites is 1. The molecule has 25 heavy (non-hydrogen) atoms. The first kappa shape index (κ1) is 18.5. The standard InChI is InChI=1S/C20H24N2O3/c1-15-8-4-5-10-18(15)13-22(16(2)23)14-20(24)21-12-17-9-6-7-11-19(17)25-3/h4-11H,12-14H2,1-3H3,(H,21,24). The molecule has 0 aliphatic rings. The number of methoxy groups -OCH3 is 1. The number of amides is 2. The Morgan fingerprint density at radius 2 is 1.68 bits per heavy atom. The van der Waals surface area contributed by atoms with E-state index in [0.717, 1.165) is 22.4 Å². The van der Waals surface area contributed by atoms with Crippen molar-refractivity contribution in [2.45, 2.75) is 26.9 Å². The number of benzene rings is 2. The second-order valence-corrected chi connectivity index (χ2v) is 5.89. The summed E-state index contributed by atoms with van der Waals surface area (Å²) >= 11 is 0. The minimum absolute atomic E-state index is 0.0266. The fourth-order valence-corrected chi connectivity index (χ4v) is 2.54. The third kappa shape index (κ3) is 5.35. The van der Waals surface area contributed by atoms with E-state index in [1.165, 1.54) is 6.92 Å². The van der Waals surface area contributed by atoms with Gasteiger partial charge in [-0.05, 0) is 24.1 Å². The van der Waals surface area contributed by atoms with Crippen LogP contribution in [0.1, 0.15) is 23.6 Å². The molecule has 2 rings (SSSR count).